The van der Waals surface area contributed by atoms with E-state index in [0.717, 1.165) is 11.1 Å². The van der Waals surface area contributed by atoms with Gasteiger partial charge in [-0.2, -0.15) is 0 Å². The number of Topliss-reactive ketones (excluding diaryl/α,β-unsaturated/α-hetero) is 1. The zero-order valence-corrected chi connectivity index (χ0v) is 17.6. The predicted molar refractivity (Wildman–Crippen MR) is 112 cm³/mol. The van der Waals surface area contributed by atoms with Crippen molar-refractivity contribution in [3.8, 4) is 5.75 Å². The number of anilines is 1. The lowest BCUT2D eigenvalue weighted by molar-refractivity contribution is -0.153. The standard InChI is InChI=1S/C22H24ClNO5/c1-13-5-6-16(11-14(13)2)19(25)8-10-21(26)29-15(3)22(27)24-18-12-17(23)7-9-20(18)28-4/h5-7,9,11-12,15H,8,10H2,1-4H3,(H,24,27)/t15-/m0/s1. The molecule has 0 aromatic heterocycles. The van der Waals surface area contributed by atoms with Gasteiger partial charge in [0.25, 0.3) is 5.91 Å². The van der Waals surface area contributed by atoms with Crippen molar-refractivity contribution in [3.63, 3.8) is 0 Å². The maximum Gasteiger partial charge on any atom is 0.307 e. The summed E-state index contributed by atoms with van der Waals surface area (Å²) in [5.41, 5.74) is 3.04. The van der Waals surface area contributed by atoms with E-state index >= 15 is 0 Å². The zero-order valence-electron chi connectivity index (χ0n) is 16.9. The molecule has 2 aromatic rings. The lowest BCUT2D eigenvalue weighted by Gasteiger charge is -2.15. The fourth-order valence-electron chi connectivity index (χ4n) is 2.60. The maximum atomic E-state index is 12.3. The summed E-state index contributed by atoms with van der Waals surface area (Å²) < 4.78 is 10.3. The number of aryl methyl sites for hydroxylation is 2. The summed E-state index contributed by atoms with van der Waals surface area (Å²) in [6, 6.07) is 10.2. The molecule has 0 bridgehead atoms. The van der Waals surface area contributed by atoms with E-state index in [-0.39, 0.29) is 18.6 Å². The molecule has 0 spiro atoms. The van der Waals surface area contributed by atoms with Crippen molar-refractivity contribution < 1.29 is 23.9 Å². The third-order valence-electron chi connectivity index (χ3n) is 4.48. The molecule has 1 atom stereocenters. The Morgan fingerprint density at radius 3 is 2.41 bits per heavy atom. The molecule has 1 amide bonds. The first-order valence-corrected chi connectivity index (χ1v) is 9.53. The predicted octanol–water partition coefficient (Wildman–Crippen LogP) is 4.50. The Balaban J connectivity index is 1.88. The molecule has 0 aliphatic carbocycles. The van der Waals surface area contributed by atoms with E-state index < -0.39 is 18.0 Å². The number of halogens is 1. The molecule has 0 aliphatic rings. The van der Waals surface area contributed by atoms with Crippen LogP contribution in [0.4, 0.5) is 5.69 Å². The average molecular weight is 418 g/mol. The van der Waals surface area contributed by atoms with Gasteiger partial charge in [-0.1, -0.05) is 23.7 Å². The van der Waals surface area contributed by atoms with Crippen LogP contribution in [0.2, 0.25) is 5.02 Å². The Kier molecular flexibility index (Phi) is 7.79. The molecule has 0 saturated heterocycles. The smallest absolute Gasteiger partial charge is 0.307 e. The maximum absolute atomic E-state index is 12.3. The minimum atomic E-state index is -1.04. The summed E-state index contributed by atoms with van der Waals surface area (Å²) >= 11 is 5.94. The third-order valence-corrected chi connectivity index (χ3v) is 4.72. The van der Waals surface area contributed by atoms with E-state index in [4.69, 9.17) is 21.1 Å². The Morgan fingerprint density at radius 1 is 1.03 bits per heavy atom. The van der Waals surface area contributed by atoms with E-state index in [0.29, 0.717) is 22.0 Å². The molecular weight excluding hydrogens is 394 g/mol. The number of ether oxygens (including phenoxy) is 2. The Hall–Kier alpha value is -2.86. The second-order valence-electron chi connectivity index (χ2n) is 6.69. The molecule has 2 aromatic carbocycles. The zero-order chi connectivity index (χ0) is 21.6. The van der Waals surface area contributed by atoms with E-state index in [1.54, 1.807) is 24.3 Å². The Bertz CT molecular complexity index is 925. The summed E-state index contributed by atoms with van der Waals surface area (Å²) in [6.45, 7) is 5.34. The number of hydrogen-bond acceptors (Lipinski definition) is 5. The van der Waals surface area contributed by atoms with Crippen molar-refractivity contribution >= 4 is 34.9 Å². The van der Waals surface area contributed by atoms with Crippen LogP contribution >= 0.6 is 11.6 Å². The third kappa shape index (κ3) is 6.32. The van der Waals surface area contributed by atoms with Gasteiger partial charge in [0, 0.05) is 17.0 Å². The molecule has 1 N–H and O–H groups in total. The largest absolute Gasteiger partial charge is 0.495 e. The fourth-order valence-corrected chi connectivity index (χ4v) is 2.77. The van der Waals surface area contributed by atoms with Crippen molar-refractivity contribution in [2.45, 2.75) is 39.7 Å². The second-order valence-corrected chi connectivity index (χ2v) is 7.12. The normalized spacial score (nSPS) is 11.5. The van der Waals surface area contributed by atoms with Gasteiger partial charge in [0.05, 0.1) is 19.2 Å². The van der Waals surface area contributed by atoms with Gasteiger partial charge < -0.3 is 14.8 Å². The molecular formula is C22H24ClNO5. The summed E-state index contributed by atoms with van der Waals surface area (Å²) in [5, 5.41) is 3.04. The number of rotatable bonds is 8. The minimum absolute atomic E-state index is 0.0117. The Labute approximate surface area is 175 Å². The number of methoxy groups -OCH3 is 1. The lowest BCUT2D eigenvalue weighted by atomic mass is 10.0. The van der Waals surface area contributed by atoms with Crippen molar-refractivity contribution in [2.75, 3.05) is 12.4 Å². The molecule has 2 rings (SSSR count). The highest BCUT2D eigenvalue weighted by Gasteiger charge is 2.20. The van der Waals surface area contributed by atoms with Crippen LogP contribution in [0, 0.1) is 13.8 Å². The highest BCUT2D eigenvalue weighted by molar-refractivity contribution is 6.31. The van der Waals surface area contributed by atoms with Crippen LogP contribution in [-0.4, -0.2) is 30.9 Å². The van der Waals surface area contributed by atoms with Crippen LogP contribution in [0.25, 0.3) is 0 Å². The van der Waals surface area contributed by atoms with Crippen molar-refractivity contribution in [2.24, 2.45) is 0 Å². The molecule has 154 valence electrons. The number of hydrogen-bond donors (Lipinski definition) is 1. The number of benzene rings is 2. The van der Waals surface area contributed by atoms with Crippen molar-refractivity contribution in [1.82, 2.24) is 0 Å². The molecule has 0 aliphatic heterocycles. The second kappa shape index (κ2) is 10.1. The SMILES string of the molecule is COc1ccc(Cl)cc1NC(=O)[C@H](C)OC(=O)CCC(=O)c1ccc(C)c(C)c1. The van der Waals surface area contributed by atoms with E-state index in [1.165, 1.54) is 20.1 Å². The summed E-state index contributed by atoms with van der Waals surface area (Å²) in [4.78, 5) is 36.6. The molecule has 0 fully saturated rings. The first-order chi connectivity index (χ1) is 13.7. The van der Waals surface area contributed by atoms with Gasteiger partial charge in [-0.05, 0) is 56.2 Å². The van der Waals surface area contributed by atoms with Crippen LogP contribution in [-0.2, 0) is 14.3 Å². The topological polar surface area (TPSA) is 81.7 Å². The molecule has 0 unspecified atom stereocenters. The van der Waals surface area contributed by atoms with Crippen LogP contribution in [0.5, 0.6) is 5.75 Å². The number of carbonyl (C=O) groups excluding carboxylic acids is 3. The number of nitrogens with one attached hydrogen (secondary N) is 1. The monoisotopic (exact) mass is 417 g/mol. The van der Waals surface area contributed by atoms with Gasteiger partial charge in [0.15, 0.2) is 11.9 Å². The quantitative estimate of drug-likeness (QED) is 0.505. The minimum Gasteiger partial charge on any atom is -0.495 e. The lowest BCUT2D eigenvalue weighted by Crippen LogP contribution is -2.30. The number of ketones is 1. The van der Waals surface area contributed by atoms with Crippen LogP contribution < -0.4 is 10.1 Å². The van der Waals surface area contributed by atoms with Crippen molar-refractivity contribution in [3.05, 3.63) is 58.1 Å². The molecule has 0 saturated carbocycles. The fraction of sp³-hybridized carbons (Fsp3) is 0.318. The number of esters is 1. The van der Waals surface area contributed by atoms with E-state index in [9.17, 15) is 14.4 Å². The van der Waals surface area contributed by atoms with Gasteiger partial charge in [0.1, 0.15) is 5.75 Å². The highest BCUT2D eigenvalue weighted by Crippen LogP contribution is 2.27. The van der Waals surface area contributed by atoms with Gasteiger partial charge >= 0.3 is 5.97 Å². The van der Waals surface area contributed by atoms with Gasteiger partial charge in [-0.3, -0.25) is 14.4 Å². The van der Waals surface area contributed by atoms with Crippen LogP contribution in [0.1, 0.15) is 41.3 Å². The van der Waals surface area contributed by atoms with Crippen LogP contribution in [0.15, 0.2) is 36.4 Å². The van der Waals surface area contributed by atoms with E-state index in [2.05, 4.69) is 5.32 Å². The van der Waals surface area contributed by atoms with E-state index in [1.807, 2.05) is 19.9 Å². The summed E-state index contributed by atoms with van der Waals surface area (Å²) in [6.07, 6.45) is -1.13. The average Bonchev–Trinajstić information content (AvgIpc) is 2.68. The molecule has 7 heteroatoms. The number of amides is 1. The first-order valence-electron chi connectivity index (χ1n) is 9.15. The molecule has 0 heterocycles. The molecule has 0 radical (unpaired) electrons. The Morgan fingerprint density at radius 2 is 1.76 bits per heavy atom. The van der Waals surface area contributed by atoms with Gasteiger partial charge in [-0.15, -0.1) is 0 Å². The summed E-state index contributed by atoms with van der Waals surface area (Å²) in [7, 11) is 1.47. The highest BCUT2D eigenvalue weighted by atomic mass is 35.5. The number of carbonyl (C=O) groups is 3. The summed E-state index contributed by atoms with van der Waals surface area (Å²) in [5.74, 6) is -0.867. The van der Waals surface area contributed by atoms with Gasteiger partial charge in [-0.25, -0.2) is 0 Å². The first kappa shape index (κ1) is 22.4. The molecule has 29 heavy (non-hydrogen) atoms. The van der Waals surface area contributed by atoms with Crippen LogP contribution in [0.3, 0.4) is 0 Å². The van der Waals surface area contributed by atoms with Gasteiger partial charge in [0.2, 0.25) is 0 Å². The molecule has 6 nitrogen and oxygen atoms in total. The van der Waals surface area contributed by atoms with Crippen molar-refractivity contribution in [1.29, 1.82) is 0 Å².